The van der Waals surface area contributed by atoms with Gasteiger partial charge >= 0.3 is 12.0 Å². The Morgan fingerprint density at radius 2 is 1.57 bits per heavy atom. The first-order valence-electron chi connectivity index (χ1n) is 5.87. The minimum atomic E-state index is -1.28. The second-order valence-electron chi connectivity index (χ2n) is 4.07. The Bertz CT molecular complexity index is 703. The Hall–Kier alpha value is -2.54. The normalized spacial score (nSPS) is 9.95. The average molecular weight is 351 g/mol. The first-order valence-corrected chi connectivity index (χ1v) is 6.66. The van der Waals surface area contributed by atoms with Gasteiger partial charge in [-0.2, -0.15) is 0 Å². The highest BCUT2D eigenvalue weighted by atomic mass is 79.9. The van der Waals surface area contributed by atoms with Crippen LogP contribution in [0.25, 0.3) is 0 Å². The highest BCUT2D eigenvalue weighted by Crippen LogP contribution is 2.28. The van der Waals surface area contributed by atoms with Crippen LogP contribution in [0.15, 0.2) is 46.9 Å². The minimum Gasteiger partial charge on any atom is -0.505 e. The molecule has 2 aromatic carbocycles. The number of carboxylic acids is 1. The fraction of sp³-hybridized carbons (Fsp3) is 0. The molecule has 0 atom stereocenters. The largest absolute Gasteiger partial charge is 0.505 e. The van der Waals surface area contributed by atoms with Crippen molar-refractivity contribution >= 4 is 39.3 Å². The molecule has 0 fully saturated rings. The standard InChI is InChI=1S/C14H11BrN2O4/c15-9-5-1-2-6-10(9)16-14(21)17-11-7-3-4-8(12(11)18)13(19)20/h1-7,18H,(H,19,20)(H2,16,17,21). The Balaban J connectivity index is 2.15. The van der Waals surface area contributed by atoms with Crippen LogP contribution in [0.5, 0.6) is 5.75 Å². The smallest absolute Gasteiger partial charge is 0.339 e. The molecule has 0 saturated carbocycles. The van der Waals surface area contributed by atoms with E-state index in [0.29, 0.717) is 10.2 Å². The van der Waals surface area contributed by atoms with Gasteiger partial charge in [-0.3, -0.25) is 0 Å². The number of rotatable bonds is 3. The molecule has 0 heterocycles. The molecule has 0 saturated heterocycles. The maximum absolute atomic E-state index is 11.9. The van der Waals surface area contributed by atoms with Gasteiger partial charge in [0.25, 0.3) is 0 Å². The Labute approximate surface area is 128 Å². The number of aromatic carboxylic acids is 1. The molecule has 7 heteroatoms. The van der Waals surface area contributed by atoms with E-state index < -0.39 is 17.7 Å². The molecule has 0 bridgehead atoms. The second-order valence-corrected chi connectivity index (χ2v) is 4.92. The molecule has 2 aromatic rings. The molecule has 0 radical (unpaired) electrons. The van der Waals surface area contributed by atoms with Gasteiger partial charge in [0.15, 0.2) is 5.75 Å². The zero-order valence-electron chi connectivity index (χ0n) is 10.6. The molecule has 0 unspecified atom stereocenters. The lowest BCUT2D eigenvalue weighted by molar-refractivity contribution is 0.0694. The summed E-state index contributed by atoms with van der Waals surface area (Å²) in [5.74, 6) is -1.77. The van der Waals surface area contributed by atoms with Crippen LogP contribution in [0.2, 0.25) is 0 Å². The quantitative estimate of drug-likeness (QED) is 0.636. The minimum absolute atomic E-state index is 0.0134. The second kappa shape index (κ2) is 6.27. The molecule has 4 N–H and O–H groups in total. The summed E-state index contributed by atoms with van der Waals surface area (Å²) in [5.41, 5.74) is 0.275. The van der Waals surface area contributed by atoms with Crippen molar-refractivity contribution in [3.8, 4) is 5.75 Å². The third-order valence-corrected chi connectivity index (χ3v) is 3.33. The van der Waals surface area contributed by atoms with Crippen molar-refractivity contribution in [1.82, 2.24) is 0 Å². The highest BCUT2D eigenvalue weighted by molar-refractivity contribution is 9.10. The lowest BCUT2D eigenvalue weighted by Gasteiger charge is -2.11. The van der Waals surface area contributed by atoms with Crippen LogP contribution in [0, 0.1) is 0 Å². The monoisotopic (exact) mass is 350 g/mol. The number of carbonyl (C=O) groups excluding carboxylic acids is 1. The number of phenols is 1. The number of carboxylic acid groups (broad SMARTS) is 1. The van der Waals surface area contributed by atoms with E-state index in [-0.39, 0.29) is 11.3 Å². The molecule has 2 amide bonds. The molecule has 0 aliphatic heterocycles. The third-order valence-electron chi connectivity index (χ3n) is 2.64. The van der Waals surface area contributed by atoms with E-state index in [0.717, 1.165) is 0 Å². The zero-order valence-corrected chi connectivity index (χ0v) is 12.2. The SMILES string of the molecule is O=C(Nc1ccccc1Br)Nc1cccc(C(=O)O)c1O. The van der Waals surface area contributed by atoms with Crippen LogP contribution in [-0.4, -0.2) is 22.2 Å². The number of nitrogens with one attached hydrogen (secondary N) is 2. The van der Waals surface area contributed by atoms with Gasteiger partial charge in [-0.15, -0.1) is 0 Å². The summed E-state index contributed by atoms with van der Waals surface area (Å²) in [6.07, 6.45) is 0. The molecule has 0 aliphatic carbocycles. The number of benzene rings is 2. The number of carbonyl (C=O) groups is 2. The van der Waals surface area contributed by atoms with E-state index in [2.05, 4.69) is 26.6 Å². The van der Waals surface area contributed by atoms with Crippen molar-refractivity contribution in [2.45, 2.75) is 0 Å². The molecule has 21 heavy (non-hydrogen) atoms. The molecular formula is C14H11BrN2O4. The Morgan fingerprint density at radius 1 is 0.952 bits per heavy atom. The number of hydrogen-bond acceptors (Lipinski definition) is 3. The summed E-state index contributed by atoms with van der Waals surface area (Å²) < 4.78 is 0.698. The van der Waals surface area contributed by atoms with Gasteiger partial charge in [-0.05, 0) is 40.2 Å². The fourth-order valence-electron chi connectivity index (χ4n) is 1.66. The van der Waals surface area contributed by atoms with Crippen molar-refractivity contribution in [3.63, 3.8) is 0 Å². The van der Waals surface area contributed by atoms with E-state index in [4.69, 9.17) is 5.11 Å². The van der Waals surface area contributed by atoms with Gasteiger partial charge in [-0.25, -0.2) is 9.59 Å². The molecule has 2 rings (SSSR count). The number of aromatic hydroxyl groups is 1. The van der Waals surface area contributed by atoms with Gasteiger partial charge in [0, 0.05) is 4.47 Å². The predicted octanol–water partition coefficient (Wildman–Crippen LogP) is 3.50. The molecule has 6 nitrogen and oxygen atoms in total. The van der Waals surface area contributed by atoms with Gasteiger partial charge in [0.2, 0.25) is 0 Å². The van der Waals surface area contributed by atoms with Gasteiger partial charge in [-0.1, -0.05) is 18.2 Å². The molecule has 0 spiro atoms. The highest BCUT2D eigenvalue weighted by Gasteiger charge is 2.14. The van der Waals surface area contributed by atoms with Gasteiger partial charge in [0.1, 0.15) is 5.56 Å². The first-order chi connectivity index (χ1) is 9.99. The van der Waals surface area contributed by atoms with Crippen molar-refractivity contribution in [2.24, 2.45) is 0 Å². The van der Waals surface area contributed by atoms with Crippen LogP contribution < -0.4 is 10.6 Å². The fourth-order valence-corrected chi connectivity index (χ4v) is 2.04. The topological polar surface area (TPSA) is 98.7 Å². The number of anilines is 2. The van der Waals surface area contributed by atoms with Crippen molar-refractivity contribution in [1.29, 1.82) is 0 Å². The molecule has 0 aliphatic rings. The molecular weight excluding hydrogens is 340 g/mol. The van der Waals surface area contributed by atoms with Gasteiger partial charge in [0.05, 0.1) is 11.4 Å². The average Bonchev–Trinajstić information content (AvgIpc) is 2.43. The summed E-state index contributed by atoms with van der Waals surface area (Å²) in [4.78, 5) is 22.8. The Morgan fingerprint density at radius 3 is 2.24 bits per heavy atom. The lowest BCUT2D eigenvalue weighted by Crippen LogP contribution is -2.20. The van der Waals surface area contributed by atoms with Crippen molar-refractivity contribution in [3.05, 3.63) is 52.5 Å². The van der Waals surface area contributed by atoms with Crippen LogP contribution in [0.4, 0.5) is 16.2 Å². The van der Waals surface area contributed by atoms with Crippen molar-refractivity contribution < 1.29 is 19.8 Å². The summed E-state index contributed by atoms with van der Waals surface area (Å²) in [6, 6.07) is 10.5. The summed E-state index contributed by atoms with van der Waals surface area (Å²) in [5, 5.41) is 23.7. The Kier molecular flexibility index (Phi) is 4.44. The summed E-state index contributed by atoms with van der Waals surface area (Å²) >= 11 is 3.29. The summed E-state index contributed by atoms with van der Waals surface area (Å²) in [7, 11) is 0. The number of para-hydroxylation sites is 2. The zero-order chi connectivity index (χ0) is 15.4. The maximum atomic E-state index is 11.9. The van der Waals surface area contributed by atoms with Crippen LogP contribution in [0.1, 0.15) is 10.4 Å². The van der Waals surface area contributed by atoms with E-state index in [1.54, 1.807) is 24.3 Å². The predicted molar refractivity (Wildman–Crippen MR) is 81.8 cm³/mol. The third kappa shape index (κ3) is 3.51. The van der Waals surface area contributed by atoms with E-state index >= 15 is 0 Å². The lowest BCUT2D eigenvalue weighted by atomic mass is 10.1. The van der Waals surface area contributed by atoms with E-state index in [1.165, 1.54) is 18.2 Å². The van der Waals surface area contributed by atoms with Crippen LogP contribution in [-0.2, 0) is 0 Å². The van der Waals surface area contributed by atoms with Crippen LogP contribution in [0.3, 0.4) is 0 Å². The molecule has 0 aromatic heterocycles. The molecule has 108 valence electrons. The first kappa shape index (κ1) is 14.9. The van der Waals surface area contributed by atoms with Crippen molar-refractivity contribution in [2.75, 3.05) is 10.6 Å². The van der Waals surface area contributed by atoms with Crippen LogP contribution >= 0.6 is 15.9 Å². The number of hydrogen-bond donors (Lipinski definition) is 4. The van der Waals surface area contributed by atoms with E-state index in [9.17, 15) is 14.7 Å². The number of halogens is 1. The number of amides is 2. The number of urea groups is 1. The van der Waals surface area contributed by atoms with Gasteiger partial charge < -0.3 is 20.8 Å². The van der Waals surface area contributed by atoms with E-state index in [1.807, 2.05) is 0 Å². The summed E-state index contributed by atoms with van der Waals surface area (Å²) in [6.45, 7) is 0. The maximum Gasteiger partial charge on any atom is 0.339 e.